The zero-order chi connectivity index (χ0) is 12.3. The highest BCUT2D eigenvalue weighted by Gasteiger charge is 2.18. The molecule has 3 N–H and O–H groups in total. The van der Waals surface area contributed by atoms with Crippen molar-refractivity contribution in [2.24, 2.45) is 5.73 Å². The molecule has 1 atom stereocenters. The van der Waals surface area contributed by atoms with E-state index in [1.54, 1.807) is 0 Å². The van der Waals surface area contributed by atoms with Gasteiger partial charge in [0, 0.05) is 12.6 Å². The van der Waals surface area contributed by atoms with Gasteiger partial charge in [-0.3, -0.25) is 9.48 Å². The highest BCUT2D eigenvalue weighted by Crippen LogP contribution is 2.27. The van der Waals surface area contributed by atoms with Crippen LogP contribution in [-0.4, -0.2) is 26.9 Å². The van der Waals surface area contributed by atoms with Crippen LogP contribution in [0, 0.1) is 0 Å². The Morgan fingerprint density at radius 3 is 2.88 bits per heavy atom. The standard InChI is InChI=1S/C12H19N3O2/c13-11(12(16)17)8-9-6-7-15(14-9)10-4-2-1-3-5-10/h6-7,10-11H,1-5,8,13H2,(H,16,17)/t11-/m1/s1. The molecule has 5 heteroatoms. The minimum Gasteiger partial charge on any atom is -0.480 e. The largest absolute Gasteiger partial charge is 0.480 e. The predicted molar refractivity (Wildman–Crippen MR) is 63.7 cm³/mol. The first-order valence-electron chi connectivity index (χ1n) is 6.19. The third-order valence-corrected chi connectivity index (χ3v) is 3.36. The number of hydrogen-bond donors (Lipinski definition) is 2. The Bertz CT molecular complexity index is 383. The third-order valence-electron chi connectivity index (χ3n) is 3.36. The van der Waals surface area contributed by atoms with Crippen LogP contribution in [0.5, 0.6) is 0 Å². The van der Waals surface area contributed by atoms with Crippen molar-refractivity contribution in [2.45, 2.75) is 50.6 Å². The summed E-state index contributed by atoms with van der Waals surface area (Å²) < 4.78 is 1.98. The van der Waals surface area contributed by atoms with Crippen molar-refractivity contribution >= 4 is 5.97 Å². The molecule has 0 spiro atoms. The summed E-state index contributed by atoms with van der Waals surface area (Å²) in [6.45, 7) is 0. The van der Waals surface area contributed by atoms with E-state index in [0.29, 0.717) is 12.5 Å². The highest BCUT2D eigenvalue weighted by molar-refractivity contribution is 5.73. The maximum atomic E-state index is 10.7. The molecule has 0 bridgehead atoms. The van der Waals surface area contributed by atoms with E-state index in [4.69, 9.17) is 10.8 Å². The maximum Gasteiger partial charge on any atom is 0.320 e. The van der Waals surface area contributed by atoms with Gasteiger partial charge in [-0.25, -0.2) is 0 Å². The second kappa shape index (κ2) is 5.31. The number of carbonyl (C=O) groups is 1. The summed E-state index contributed by atoms with van der Waals surface area (Å²) in [7, 11) is 0. The topological polar surface area (TPSA) is 81.1 Å². The Hall–Kier alpha value is -1.36. The summed E-state index contributed by atoms with van der Waals surface area (Å²) in [5.74, 6) is -0.975. The first kappa shape index (κ1) is 12.1. The Labute approximate surface area is 101 Å². The highest BCUT2D eigenvalue weighted by atomic mass is 16.4. The number of nitrogens with zero attached hydrogens (tertiary/aromatic N) is 2. The molecule has 0 aliphatic heterocycles. The van der Waals surface area contributed by atoms with E-state index in [9.17, 15) is 4.79 Å². The molecule has 0 radical (unpaired) electrons. The Morgan fingerprint density at radius 1 is 1.53 bits per heavy atom. The van der Waals surface area contributed by atoms with Crippen LogP contribution < -0.4 is 5.73 Å². The molecule has 0 aromatic carbocycles. The second-order valence-electron chi connectivity index (χ2n) is 4.73. The fourth-order valence-electron chi connectivity index (χ4n) is 2.35. The smallest absolute Gasteiger partial charge is 0.320 e. The molecule has 1 saturated carbocycles. The van der Waals surface area contributed by atoms with Crippen LogP contribution in [-0.2, 0) is 11.2 Å². The van der Waals surface area contributed by atoms with Gasteiger partial charge in [0.05, 0.1) is 11.7 Å². The van der Waals surface area contributed by atoms with E-state index >= 15 is 0 Å². The third kappa shape index (κ3) is 3.06. The molecule has 1 aliphatic carbocycles. The molecule has 1 heterocycles. The SMILES string of the molecule is N[C@H](Cc1ccn(C2CCCCC2)n1)C(=O)O. The van der Waals surface area contributed by atoms with Crippen LogP contribution in [0.1, 0.15) is 43.8 Å². The average Bonchev–Trinajstić information content (AvgIpc) is 2.78. The van der Waals surface area contributed by atoms with Crippen LogP contribution in [0.3, 0.4) is 0 Å². The van der Waals surface area contributed by atoms with Gasteiger partial charge >= 0.3 is 5.97 Å². The van der Waals surface area contributed by atoms with Gasteiger partial charge < -0.3 is 10.8 Å². The molecule has 0 saturated heterocycles. The van der Waals surface area contributed by atoms with Gasteiger partial charge in [-0.05, 0) is 18.9 Å². The Morgan fingerprint density at radius 2 is 2.24 bits per heavy atom. The number of hydrogen-bond acceptors (Lipinski definition) is 3. The molecular formula is C12H19N3O2. The number of nitrogens with two attached hydrogens (primary N) is 1. The van der Waals surface area contributed by atoms with Gasteiger partial charge in [0.1, 0.15) is 6.04 Å². The van der Waals surface area contributed by atoms with E-state index in [1.807, 2.05) is 16.9 Å². The van der Waals surface area contributed by atoms with E-state index in [2.05, 4.69) is 5.10 Å². The molecule has 1 aromatic heterocycles. The quantitative estimate of drug-likeness (QED) is 0.828. The summed E-state index contributed by atoms with van der Waals surface area (Å²) in [4.78, 5) is 10.7. The Kier molecular flexibility index (Phi) is 3.78. The van der Waals surface area contributed by atoms with Gasteiger partial charge in [-0.2, -0.15) is 5.10 Å². The lowest BCUT2D eigenvalue weighted by Crippen LogP contribution is -2.32. The molecule has 17 heavy (non-hydrogen) atoms. The zero-order valence-electron chi connectivity index (χ0n) is 9.88. The van der Waals surface area contributed by atoms with Gasteiger partial charge in [0.25, 0.3) is 0 Å². The van der Waals surface area contributed by atoms with Gasteiger partial charge in [-0.1, -0.05) is 19.3 Å². The van der Waals surface area contributed by atoms with Crippen molar-refractivity contribution in [3.63, 3.8) is 0 Å². The number of carboxylic acids is 1. The number of carboxylic acid groups (broad SMARTS) is 1. The summed E-state index contributed by atoms with van der Waals surface area (Å²) in [6.07, 6.45) is 8.42. The summed E-state index contributed by atoms with van der Waals surface area (Å²) in [6, 6.07) is 1.50. The molecule has 1 aromatic rings. The summed E-state index contributed by atoms with van der Waals surface area (Å²) in [5.41, 5.74) is 6.26. The van der Waals surface area contributed by atoms with Crippen LogP contribution in [0.25, 0.3) is 0 Å². The molecular weight excluding hydrogens is 218 g/mol. The van der Waals surface area contributed by atoms with Crippen molar-refractivity contribution in [3.05, 3.63) is 18.0 Å². The fraction of sp³-hybridized carbons (Fsp3) is 0.667. The summed E-state index contributed by atoms with van der Waals surface area (Å²) >= 11 is 0. The predicted octanol–water partition coefficient (Wildman–Crippen LogP) is 1.34. The Balaban J connectivity index is 1.97. The second-order valence-corrected chi connectivity index (χ2v) is 4.73. The molecule has 0 amide bonds. The van der Waals surface area contributed by atoms with Crippen LogP contribution >= 0.6 is 0 Å². The van der Waals surface area contributed by atoms with E-state index < -0.39 is 12.0 Å². The van der Waals surface area contributed by atoms with Gasteiger partial charge in [0.2, 0.25) is 0 Å². The first-order valence-corrected chi connectivity index (χ1v) is 6.19. The molecule has 0 unspecified atom stereocenters. The van der Waals surface area contributed by atoms with Crippen molar-refractivity contribution in [1.29, 1.82) is 0 Å². The van der Waals surface area contributed by atoms with Gasteiger partial charge in [-0.15, -0.1) is 0 Å². The minimum absolute atomic E-state index is 0.301. The number of aromatic nitrogens is 2. The summed E-state index contributed by atoms with van der Waals surface area (Å²) in [5, 5.41) is 13.2. The maximum absolute atomic E-state index is 10.7. The molecule has 1 fully saturated rings. The van der Waals surface area contributed by atoms with Gasteiger partial charge in [0.15, 0.2) is 0 Å². The zero-order valence-corrected chi connectivity index (χ0v) is 9.88. The normalized spacial score (nSPS) is 19.1. The van der Waals surface area contributed by atoms with E-state index in [1.165, 1.54) is 32.1 Å². The lowest BCUT2D eigenvalue weighted by Gasteiger charge is -2.21. The number of aliphatic carboxylic acids is 1. The molecule has 2 rings (SSSR count). The lowest BCUT2D eigenvalue weighted by molar-refractivity contribution is -0.138. The van der Waals surface area contributed by atoms with Crippen LogP contribution in [0.15, 0.2) is 12.3 Å². The lowest BCUT2D eigenvalue weighted by atomic mass is 9.96. The average molecular weight is 237 g/mol. The number of rotatable bonds is 4. The van der Waals surface area contributed by atoms with Crippen LogP contribution in [0.2, 0.25) is 0 Å². The molecule has 1 aliphatic rings. The van der Waals surface area contributed by atoms with Crippen molar-refractivity contribution in [1.82, 2.24) is 9.78 Å². The van der Waals surface area contributed by atoms with Crippen LogP contribution in [0.4, 0.5) is 0 Å². The van der Waals surface area contributed by atoms with Crippen molar-refractivity contribution < 1.29 is 9.90 Å². The minimum atomic E-state index is -0.975. The fourth-order valence-corrected chi connectivity index (χ4v) is 2.35. The van der Waals surface area contributed by atoms with Crippen molar-refractivity contribution in [3.8, 4) is 0 Å². The first-order chi connectivity index (χ1) is 8.16. The monoisotopic (exact) mass is 237 g/mol. The van der Waals surface area contributed by atoms with E-state index in [0.717, 1.165) is 5.69 Å². The molecule has 5 nitrogen and oxygen atoms in total. The molecule has 94 valence electrons. The van der Waals surface area contributed by atoms with Crippen molar-refractivity contribution in [2.75, 3.05) is 0 Å². The van der Waals surface area contributed by atoms with E-state index in [-0.39, 0.29) is 0 Å².